The second kappa shape index (κ2) is 8.26. The van der Waals surface area contributed by atoms with Gasteiger partial charge in [-0.05, 0) is 19.3 Å². The van der Waals surface area contributed by atoms with E-state index in [2.05, 4.69) is 6.92 Å². The van der Waals surface area contributed by atoms with Crippen molar-refractivity contribution in [3.05, 3.63) is 0 Å². The molecule has 0 bridgehead atoms. The molecule has 17 heavy (non-hydrogen) atoms. The Labute approximate surface area is 104 Å². The van der Waals surface area contributed by atoms with Gasteiger partial charge in [0.05, 0.1) is 13.0 Å². The molecule has 0 heterocycles. The van der Waals surface area contributed by atoms with E-state index < -0.39 is 0 Å². The van der Waals surface area contributed by atoms with Gasteiger partial charge in [-0.1, -0.05) is 32.6 Å². The van der Waals surface area contributed by atoms with Crippen LogP contribution >= 0.6 is 0 Å². The summed E-state index contributed by atoms with van der Waals surface area (Å²) in [5.41, 5.74) is 0. The maximum atomic E-state index is 11.5. The number of ketones is 1. The quantitative estimate of drug-likeness (QED) is 0.506. The molecular weight excluding hydrogens is 216 g/mol. The van der Waals surface area contributed by atoms with Crippen LogP contribution in [0.15, 0.2) is 0 Å². The van der Waals surface area contributed by atoms with Crippen LogP contribution in [0, 0.1) is 5.92 Å². The Morgan fingerprint density at radius 2 is 2.12 bits per heavy atom. The molecule has 0 N–H and O–H groups in total. The zero-order chi connectivity index (χ0) is 12.5. The molecule has 1 rings (SSSR count). The normalized spacial score (nSPS) is 20.3. The van der Waals surface area contributed by atoms with Crippen LogP contribution in [0.1, 0.15) is 64.7 Å². The lowest BCUT2D eigenvalue weighted by Gasteiger charge is -2.19. The van der Waals surface area contributed by atoms with Gasteiger partial charge in [0, 0.05) is 12.3 Å². The summed E-state index contributed by atoms with van der Waals surface area (Å²) >= 11 is 0. The highest BCUT2D eigenvalue weighted by atomic mass is 16.5. The van der Waals surface area contributed by atoms with Crippen molar-refractivity contribution in [2.24, 2.45) is 5.92 Å². The lowest BCUT2D eigenvalue weighted by molar-refractivity contribution is -0.147. The molecule has 3 nitrogen and oxygen atoms in total. The number of Topliss-reactive ketones (excluding diaryl/α,β-unsaturated/α-hetero) is 1. The fourth-order valence-corrected chi connectivity index (χ4v) is 2.25. The molecule has 0 aliphatic heterocycles. The number of rotatable bonds is 7. The summed E-state index contributed by atoms with van der Waals surface area (Å²) in [6.07, 6.45) is 8.31. The van der Waals surface area contributed by atoms with E-state index in [-0.39, 0.29) is 17.7 Å². The maximum absolute atomic E-state index is 11.5. The minimum atomic E-state index is -0.193. The first kappa shape index (κ1) is 14.2. The van der Waals surface area contributed by atoms with Crippen molar-refractivity contribution in [1.82, 2.24) is 0 Å². The van der Waals surface area contributed by atoms with Crippen LogP contribution in [0.2, 0.25) is 0 Å². The molecule has 3 heteroatoms. The van der Waals surface area contributed by atoms with Crippen LogP contribution < -0.4 is 0 Å². The van der Waals surface area contributed by atoms with E-state index in [1.807, 2.05) is 0 Å². The molecule has 1 unspecified atom stereocenters. The van der Waals surface area contributed by atoms with Crippen molar-refractivity contribution in [1.29, 1.82) is 0 Å². The topological polar surface area (TPSA) is 43.4 Å². The molecule has 1 fully saturated rings. The molecule has 1 aliphatic rings. The molecule has 0 radical (unpaired) electrons. The summed E-state index contributed by atoms with van der Waals surface area (Å²) in [6, 6.07) is 0. The van der Waals surface area contributed by atoms with Crippen molar-refractivity contribution in [2.75, 3.05) is 6.61 Å². The lowest BCUT2D eigenvalue weighted by atomic mass is 9.86. The molecule has 0 saturated heterocycles. The zero-order valence-corrected chi connectivity index (χ0v) is 10.9. The number of hydrogen-bond acceptors (Lipinski definition) is 3. The van der Waals surface area contributed by atoms with E-state index in [1.165, 1.54) is 12.8 Å². The summed E-state index contributed by atoms with van der Waals surface area (Å²) in [6.45, 7) is 2.67. The van der Waals surface area contributed by atoms with Gasteiger partial charge in [0.15, 0.2) is 0 Å². The van der Waals surface area contributed by atoms with Gasteiger partial charge in [0.2, 0.25) is 0 Å². The van der Waals surface area contributed by atoms with E-state index >= 15 is 0 Å². The smallest absolute Gasteiger partial charge is 0.306 e. The zero-order valence-electron chi connectivity index (χ0n) is 10.9. The van der Waals surface area contributed by atoms with E-state index in [0.29, 0.717) is 19.4 Å². The SMILES string of the molecule is CCCCCCOC(=O)CC1CCCCC1=O. The Morgan fingerprint density at radius 3 is 2.82 bits per heavy atom. The first-order valence-electron chi connectivity index (χ1n) is 6.92. The van der Waals surface area contributed by atoms with Crippen molar-refractivity contribution < 1.29 is 14.3 Å². The molecule has 1 atom stereocenters. The summed E-state index contributed by atoms with van der Waals surface area (Å²) in [7, 11) is 0. The Morgan fingerprint density at radius 1 is 1.29 bits per heavy atom. The maximum Gasteiger partial charge on any atom is 0.306 e. The number of hydrogen-bond donors (Lipinski definition) is 0. The molecule has 0 aromatic carbocycles. The van der Waals surface area contributed by atoms with Crippen molar-refractivity contribution in [2.45, 2.75) is 64.7 Å². The summed E-state index contributed by atoms with van der Waals surface area (Å²) in [4.78, 5) is 23.1. The van der Waals surface area contributed by atoms with Gasteiger partial charge in [0.1, 0.15) is 5.78 Å². The van der Waals surface area contributed by atoms with Crippen molar-refractivity contribution in [3.8, 4) is 0 Å². The number of unbranched alkanes of at least 4 members (excludes halogenated alkanes) is 3. The monoisotopic (exact) mass is 240 g/mol. The van der Waals surface area contributed by atoms with E-state index in [4.69, 9.17) is 4.74 Å². The van der Waals surface area contributed by atoms with Crippen LogP contribution in [-0.4, -0.2) is 18.4 Å². The standard InChI is InChI=1S/C14H24O3/c1-2-3-4-7-10-17-14(16)11-12-8-5-6-9-13(12)15/h12H,2-11H2,1H3. The number of carbonyl (C=O) groups excluding carboxylic acids is 2. The van der Waals surface area contributed by atoms with Crippen LogP contribution in [-0.2, 0) is 14.3 Å². The van der Waals surface area contributed by atoms with Gasteiger partial charge < -0.3 is 4.74 Å². The van der Waals surface area contributed by atoms with Gasteiger partial charge in [-0.3, -0.25) is 9.59 Å². The first-order chi connectivity index (χ1) is 8.24. The predicted molar refractivity (Wildman–Crippen MR) is 66.7 cm³/mol. The van der Waals surface area contributed by atoms with Crippen LogP contribution in [0.25, 0.3) is 0 Å². The molecule has 98 valence electrons. The molecule has 1 aliphatic carbocycles. The third kappa shape index (κ3) is 5.85. The first-order valence-corrected chi connectivity index (χ1v) is 6.92. The second-order valence-corrected chi connectivity index (χ2v) is 4.89. The minimum absolute atomic E-state index is 0.0631. The summed E-state index contributed by atoms with van der Waals surface area (Å²) in [5.74, 6) is -0.00665. The average Bonchev–Trinajstić information content (AvgIpc) is 2.32. The van der Waals surface area contributed by atoms with E-state index in [9.17, 15) is 9.59 Å². The second-order valence-electron chi connectivity index (χ2n) is 4.89. The molecule has 0 amide bonds. The van der Waals surface area contributed by atoms with Crippen molar-refractivity contribution in [3.63, 3.8) is 0 Å². The third-order valence-corrected chi connectivity index (χ3v) is 3.36. The van der Waals surface area contributed by atoms with Gasteiger partial charge in [0.25, 0.3) is 0 Å². The lowest BCUT2D eigenvalue weighted by Crippen LogP contribution is -2.23. The van der Waals surface area contributed by atoms with Crippen molar-refractivity contribution >= 4 is 11.8 Å². The molecule has 1 saturated carbocycles. The van der Waals surface area contributed by atoms with Crippen LogP contribution in [0.4, 0.5) is 0 Å². The van der Waals surface area contributed by atoms with Gasteiger partial charge in [-0.15, -0.1) is 0 Å². The van der Waals surface area contributed by atoms with Gasteiger partial charge >= 0.3 is 5.97 Å². The summed E-state index contributed by atoms with van der Waals surface area (Å²) < 4.78 is 5.15. The molecular formula is C14H24O3. The highest BCUT2D eigenvalue weighted by Crippen LogP contribution is 2.23. The predicted octanol–water partition coefficient (Wildman–Crippen LogP) is 3.26. The number of esters is 1. The van der Waals surface area contributed by atoms with E-state index in [1.54, 1.807) is 0 Å². The average molecular weight is 240 g/mol. The largest absolute Gasteiger partial charge is 0.466 e. The Hall–Kier alpha value is -0.860. The number of carbonyl (C=O) groups is 2. The Bertz CT molecular complexity index is 248. The van der Waals surface area contributed by atoms with E-state index in [0.717, 1.165) is 32.1 Å². The molecule has 0 aromatic rings. The molecule has 0 spiro atoms. The highest BCUT2D eigenvalue weighted by molar-refractivity contribution is 5.85. The highest BCUT2D eigenvalue weighted by Gasteiger charge is 2.25. The third-order valence-electron chi connectivity index (χ3n) is 3.36. The van der Waals surface area contributed by atoms with Gasteiger partial charge in [-0.2, -0.15) is 0 Å². The number of ether oxygens (including phenoxy) is 1. The molecule has 0 aromatic heterocycles. The fraction of sp³-hybridized carbons (Fsp3) is 0.857. The Kier molecular flexibility index (Phi) is 6.90. The Balaban J connectivity index is 2.09. The minimum Gasteiger partial charge on any atom is -0.466 e. The van der Waals surface area contributed by atoms with Gasteiger partial charge in [-0.25, -0.2) is 0 Å². The summed E-state index contributed by atoms with van der Waals surface area (Å²) in [5, 5.41) is 0. The van der Waals surface area contributed by atoms with Crippen LogP contribution in [0.3, 0.4) is 0 Å². The fourth-order valence-electron chi connectivity index (χ4n) is 2.25. The van der Waals surface area contributed by atoms with Crippen LogP contribution in [0.5, 0.6) is 0 Å².